The number of hydrogen-bond acceptors (Lipinski definition) is 5. The molecule has 0 bridgehead atoms. The van der Waals surface area contributed by atoms with Gasteiger partial charge in [-0.25, -0.2) is 4.98 Å². The van der Waals surface area contributed by atoms with Crippen LogP contribution in [0, 0.1) is 0 Å². The number of H-pyrrole nitrogens is 1. The molecule has 1 aromatic heterocycles. The first-order valence-electron chi connectivity index (χ1n) is 9.00. The Labute approximate surface area is 152 Å². The van der Waals surface area contributed by atoms with Crippen LogP contribution in [0.25, 0.3) is 0 Å². The lowest BCUT2D eigenvalue weighted by Crippen LogP contribution is -2.50. The number of rotatable bonds is 4. The molecule has 2 N–H and O–H groups in total. The van der Waals surface area contributed by atoms with Gasteiger partial charge >= 0.3 is 0 Å². The first kappa shape index (κ1) is 16.9. The lowest BCUT2D eigenvalue weighted by molar-refractivity contribution is -0.0448. The Hall–Kier alpha value is -2.54. The smallest absolute Gasteiger partial charge is 0.272 e. The molecule has 0 radical (unpaired) electrons. The lowest BCUT2D eigenvalue weighted by atomic mass is 9.88. The summed E-state index contributed by atoms with van der Waals surface area (Å²) in [6.07, 6.45) is 5.95. The van der Waals surface area contributed by atoms with Gasteiger partial charge in [-0.1, -0.05) is 0 Å². The number of likely N-dealkylation sites (tertiary alicyclic amines) is 1. The fraction of sp³-hybridized carbons (Fsp3) is 0.474. The van der Waals surface area contributed by atoms with Crippen molar-refractivity contribution in [1.82, 2.24) is 14.9 Å². The molecule has 2 aliphatic heterocycles. The Morgan fingerprint density at radius 2 is 2.27 bits per heavy atom. The highest BCUT2D eigenvalue weighted by atomic mass is 16.5. The molecule has 3 heterocycles. The van der Waals surface area contributed by atoms with Gasteiger partial charge in [-0.2, -0.15) is 0 Å². The number of methoxy groups -OCH3 is 1. The number of ether oxygens (including phenoxy) is 2. The topological polar surface area (TPSA) is 79.5 Å². The van der Waals surface area contributed by atoms with Gasteiger partial charge in [0.15, 0.2) is 0 Å². The zero-order chi connectivity index (χ0) is 18.0. The number of aromatic amines is 1. The minimum absolute atomic E-state index is 0.00302. The maximum atomic E-state index is 12.6. The zero-order valence-corrected chi connectivity index (χ0v) is 14.9. The van der Waals surface area contributed by atoms with Gasteiger partial charge in [-0.05, 0) is 37.1 Å². The minimum Gasteiger partial charge on any atom is -0.497 e. The SMILES string of the molecule is COc1ccc(NC2COC3(CCCN(C(=O)c4cnc[nH]4)C3)C2)cc1. The molecule has 2 atom stereocenters. The van der Waals surface area contributed by atoms with Crippen molar-refractivity contribution < 1.29 is 14.3 Å². The summed E-state index contributed by atoms with van der Waals surface area (Å²) < 4.78 is 11.4. The molecule has 2 saturated heterocycles. The van der Waals surface area contributed by atoms with Gasteiger partial charge in [0, 0.05) is 18.7 Å². The Morgan fingerprint density at radius 3 is 3.00 bits per heavy atom. The van der Waals surface area contributed by atoms with Crippen LogP contribution >= 0.6 is 0 Å². The van der Waals surface area contributed by atoms with Crippen LogP contribution in [-0.4, -0.2) is 59.2 Å². The van der Waals surface area contributed by atoms with Crippen LogP contribution in [-0.2, 0) is 4.74 Å². The summed E-state index contributed by atoms with van der Waals surface area (Å²) in [5, 5.41) is 3.54. The fourth-order valence-corrected chi connectivity index (χ4v) is 3.96. The van der Waals surface area contributed by atoms with Crippen molar-refractivity contribution in [3.05, 3.63) is 42.5 Å². The van der Waals surface area contributed by atoms with E-state index in [0.717, 1.165) is 37.2 Å². The summed E-state index contributed by atoms with van der Waals surface area (Å²) in [5.74, 6) is 0.840. The highest BCUT2D eigenvalue weighted by Crippen LogP contribution is 2.36. The van der Waals surface area contributed by atoms with Gasteiger partial charge in [0.2, 0.25) is 0 Å². The van der Waals surface area contributed by atoms with Crippen LogP contribution in [0.15, 0.2) is 36.8 Å². The van der Waals surface area contributed by atoms with Crippen LogP contribution < -0.4 is 10.1 Å². The average molecular weight is 356 g/mol. The number of amides is 1. The summed E-state index contributed by atoms with van der Waals surface area (Å²) in [5.41, 5.74) is 1.34. The van der Waals surface area contributed by atoms with Gasteiger partial charge < -0.3 is 24.7 Å². The number of carbonyl (C=O) groups excluding carboxylic acids is 1. The standard InChI is InChI=1S/C19H24N4O3/c1-25-16-5-3-14(4-6-16)22-15-9-19(26-11-15)7-2-8-23(12-19)18(24)17-10-20-13-21-17/h3-6,10,13,15,22H,2,7-9,11-12H2,1H3,(H,20,21). The van der Waals surface area contributed by atoms with E-state index in [4.69, 9.17) is 9.47 Å². The summed E-state index contributed by atoms with van der Waals surface area (Å²) in [6.45, 7) is 2.04. The van der Waals surface area contributed by atoms with E-state index >= 15 is 0 Å². The fourth-order valence-electron chi connectivity index (χ4n) is 3.96. The normalized spacial score (nSPS) is 25.4. The molecule has 7 heteroatoms. The van der Waals surface area contributed by atoms with Crippen molar-refractivity contribution >= 4 is 11.6 Å². The molecule has 138 valence electrons. The minimum atomic E-state index is -0.252. The molecular formula is C19H24N4O3. The predicted octanol–water partition coefficient (Wildman–Crippen LogP) is 2.29. The number of hydrogen-bond donors (Lipinski definition) is 2. The average Bonchev–Trinajstić information content (AvgIpc) is 3.33. The molecule has 1 amide bonds. The van der Waals surface area contributed by atoms with Crippen molar-refractivity contribution in [1.29, 1.82) is 0 Å². The molecule has 1 spiro atoms. The number of carbonyl (C=O) groups is 1. The summed E-state index contributed by atoms with van der Waals surface area (Å²) in [7, 11) is 1.66. The highest BCUT2D eigenvalue weighted by molar-refractivity contribution is 5.92. The van der Waals surface area contributed by atoms with Crippen molar-refractivity contribution in [3.8, 4) is 5.75 Å². The third-order valence-corrected chi connectivity index (χ3v) is 5.23. The third-order valence-electron chi connectivity index (χ3n) is 5.23. The van der Waals surface area contributed by atoms with E-state index in [-0.39, 0.29) is 17.6 Å². The maximum Gasteiger partial charge on any atom is 0.272 e. The quantitative estimate of drug-likeness (QED) is 0.879. The van der Waals surface area contributed by atoms with Crippen molar-refractivity contribution in [2.24, 2.45) is 0 Å². The number of imidazole rings is 1. The molecule has 2 aliphatic rings. The number of nitrogens with one attached hydrogen (secondary N) is 2. The van der Waals surface area contributed by atoms with Gasteiger partial charge in [0.25, 0.3) is 5.91 Å². The zero-order valence-electron chi connectivity index (χ0n) is 14.9. The Morgan fingerprint density at radius 1 is 1.42 bits per heavy atom. The monoisotopic (exact) mass is 356 g/mol. The Bertz CT molecular complexity index is 747. The summed E-state index contributed by atoms with van der Waals surface area (Å²) in [4.78, 5) is 21.3. The van der Waals surface area contributed by atoms with Gasteiger partial charge in [0.1, 0.15) is 11.4 Å². The van der Waals surface area contributed by atoms with E-state index in [1.807, 2.05) is 29.2 Å². The number of aromatic nitrogens is 2. The molecule has 2 fully saturated rings. The van der Waals surface area contributed by atoms with E-state index in [0.29, 0.717) is 18.8 Å². The lowest BCUT2D eigenvalue weighted by Gasteiger charge is -2.39. The number of piperidine rings is 1. The predicted molar refractivity (Wildman–Crippen MR) is 97.4 cm³/mol. The van der Waals surface area contributed by atoms with Crippen molar-refractivity contribution in [2.45, 2.75) is 30.9 Å². The molecule has 4 rings (SSSR count). The van der Waals surface area contributed by atoms with Crippen LogP contribution in [0.2, 0.25) is 0 Å². The van der Waals surface area contributed by atoms with Crippen LogP contribution in [0.3, 0.4) is 0 Å². The molecule has 0 saturated carbocycles. The summed E-state index contributed by atoms with van der Waals surface area (Å²) in [6, 6.07) is 8.15. The van der Waals surface area contributed by atoms with E-state index in [2.05, 4.69) is 15.3 Å². The first-order valence-corrected chi connectivity index (χ1v) is 9.00. The second-order valence-electron chi connectivity index (χ2n) is 7.06. The number of nitrogens with zero attached hydrogens (tertiary/aromatic N) is 2. The molecule has 1 aromatic carbocycles. The number of benzene rings is 1. The second-order valence-corrected chi connectivity index (χ2v) is 7.06. The van der Waals surface area contributed by atoms with Gasteiger partial charge in [-0.15, -0.1) is 0 Å². The number of anilines is 1. The largest absolute Gasteiger partial charge is 0.497 e. The molecule has 2 unspecified atom stereocenters. The molecule has 2 aromatic rings. The highest BCUT2D eigenvalue weighted by Gasteiger charge is 2.44. The molecular weight excluding hydrogens is 332 g/mol. The van der Waals surface area contributed by atoms with Crippen LogP contribution in [0.1, 0.15) is 29.8 Å². The van der Waals surface area contributed by atoms with Gasteiger partial charge in [-0.3, -0.25) is 4.79 Å². The first-order chi connectivity index (χ1) is 12.7. The van der Waals surface area contributed by atoms with Crippen LogP contribution in [0.4, 0.5) is 5.69 Å². The second kappa shape index (κ2) is 6.99. The molecule has 0 aliphatic carbocycles. The van der Waals surface area contributed by atoms with E-state index in [9.17, 15) is 4.79 Å². The van der Waals surface area contributed by atoms with Crippen LogP contribution in [0.5, 0.6) is 5.75 Å². The van der Waals surface area contributed by atoms with Gasteiger partial charge in [0.05, 0.1) is 44.4 Å². The maximum absolute atomic E-state index is 12.6. The molecule has 7 nitrogen and oxygen atoms in total. The van der Waals surface area contributed by atoms with E-state index in [1.165, 1.54) is 6.33 Å². The third kappa shape index (κ3) is 3.39. The molecule has 26 heavy (non-hydrogen) atoms. The Kier molecular flexibility index (Phi) is 4.55. The van der Waals surface area contributed by atoms with Crippen molar-refractivity contribution in [3.63, 3.8) is 0 Å². The van der Waals surface area contributed by atoms with E-state index < -0.39 is 0 Å². The Balaban J connectivity index is 1.39. The van der Waals surface area contributed by atoms with E-state index in [1.54, 1.807) is 13.3 Å². The summed E-state index contributed by atoms with van der Waals surface area (Å²) >= 11 is 0. The van der Waals surface area contributed by atoms with Crippen molar-refractivity contribution in [2.75, 3.05) is 32.1 Å².